The summed E-state index contributed by atoms with van der Waals surface area (Å²) in [5.41, 5.74) is 2.74. The van der Waals surface area contributed by atoms with Gasteiger partial charge in [-0.05, 0) is 50.8 Å². The molecule has 0 unspecified atom stereocenters. The molecule has 0 spiro atoms. The minimum Gasteiger partial charge on any atom is -0.351 e. The van der Waals surface area contributed by atoms with Crippen LogP contribution in [0.4, 0.5) is 0 Å². The predicted octanol–water partition coefficient (Wildman–Crippen LogP) is 2.86. The van der Waals surface area contributed by atoms with Gasteiger partial charge in [-0.15, -0.1) is 0 Å². The Labute approximate surface area is 169 Å². The van der Waals surface area contributed by atoms with Crippen LogP contribution in [0.3, 0.4) is 0 Å². The third-order valence-electron chi connectivity index (χ3n) is 5.32. The van der Waals surface area contributed by atoms with Crippen LogP contribution in [0, 0.1) is 19.8 Å². The molecule has 1 aromatic carbocycles. The average Bonchev–Trinajstić information content (AvgIpc) is 3.15. The summed E-state index contributed by atoms with van der Waals surface area (Å²) in [6.45, 7) is 5.54. The van der Waals surface area contributed by atoms with Gasteiger partial charge in [-0.1, -0.05) is 18.2 Å². The fourth-order valence-electron chi connectivity index (χ4n) is 3.93. The van der Waals surface area contributed by atoms with Gasteiger partial charge in [0, 0.05) is 36.2 Å². The SMILES string of the molecule is Cc1cc(C(=O)N2CCC[C@@H](CNC(=O)c3cc4ccccc4[nH]3)C2)nc(C)n1. The number of nitrogens with zero attached hydrogens (tertiary/aromatic N) is 3. The third-order valence-corrected chi connectivity index (χ3v) is 5.32. The molecule has 3 heterocycles. The number of para-hydroxylation sites is 1. The molecule has 7 heteroatoms. The Hall–Kier alpha value is -3.22. The van der Waals surface area contributed by atoms with Gasteiger partial charge in [-0.2, -0.15) is 0 Å². The maximum atomic E-state index is 12.9. The molecule has 1 aliphatic heterocycles. The zero-order valence-electron chi connectivity index (χ0n) is 16.7. The van der Waals surface area contributed by atoms with Crippen LogP contribution in [0.2, 0.25) is 0 Å². The van der Waals surface area contributed by atoms with Gasteiger partial charge in [0.2, 0.25) is 0 Å². The highest BCUT2D eigenvalue weighted by atomic mass is 16.2. The number of fused-ring (bicyclic) bond motifs is 1. The molecule has 4 rings (SSSR count). The molecule has 0 aliphatic carbocycles. The number of benzene rings is 1. The monoisotopic (exact) mass is 391 g/mol. The van der Waals surface area contributed by atoms with Crippen LogP contribution in [0.5, 0.6) is 0 Å². The number of carbonyl (C=O) groups is 2. The lowest BCUT2D eigenvalue weighted by Crippen LogP contribution is -2.44. The lowest BCUT2D eigenvalue weighted by Gasteiger charge is -2.32. The van der Waals surface area contributed by atoms with Crippen LogP contribution in [0.25, 0.3) is 10.9 Å². The average molecular weight is 391 g/mol. The Kier molecular flexibility index (Phi) is 5.29. The number of amides is 2. The lowest BCUT2D eigenvalue weighted by molar-refractivity contribution is 0.0664. The van der Waals surface area contributed by atoms with Crippen LogP contribution in [0.1, 0.15) is 45.3 Å². The summed E-state index contributed by atoms with van der Waals surface area (Å²) < 4.78 is 0. The molecule has 1 saturated heterocycles. The van der Waals surface area contributed by atoms with Gasteiger partial charge >= 0.3 is 0 Å². The summed E-state index contributed by atoms with van der Waals surface area (Å²) >= 11 is 0. The predicted molar refractivity (Wildman–Crippen MR) is 111 cm³/mol. The first-order valence-corrected chi connectivity index (χ1v) is 9.97. The van der Waals surface area contributed by atoms with E-state index >= 15 is 0 Å². The van der Waals surface area contributed by atoms with Crippen molar-refractivity contribution in [3.05, 3.63) is 59.3 Å². The molecule has 1 fully saturated rings. The summed E-state index contributed by atoms with van der Waals surface area (Å²) in [4.78, 5) is 38.9. The Balaban J connectivity index is 1.37. The van der Waals surface area contributed by atoms with Crippen molar-refractivity contribution < 1.29 is 9.59 Å². The van der Waals surface area contributed by atoms with E-state index in [0.29, 0.717) is 36.8 Å². The lowest BCUT2D eigenvalue weighted by atomic mass is 9.97. The Morgan fingerprint density at radius 1 is 1.21 bits per heavy atom. The van der Waals surface area contributed by atoms with E-state index in [1.165, 1.54) is 0 Å². The van der Waals surface area contributed by atoms with E-state index in [2.05, 4.69) is 20.3 Å². The maximum Gasteiger partial charge on any atom is 0.272 e. The topological polar surface area (TPSA) is 91.0 Å². The van der Waals surface area contributed by atoms with E-state index in [4.69, 9.17) is 0 Å². The highest BCUT2D eigenvalue weighted by Crippen LogP contribution is 2.19. The number of piperidine rings is 1. The molecule has 0 bridgehead atoms. The van der Waals surface area contributed by atoms with Crippen molar-refractivity contribution in [3.63, 3.8) is 0 Å². The van der Waals surface area contributed by atoms with Crippen molar-refractivity contribution in [2.24, 2.45) is 5.92 Å². The highest BCUT2D eigenvalue weighted by molar-refractivity contribution is 5.98. The number of aromatic amines is 1. The van der Waals surface area contributed by atoms with E-state index in [1.54, 1.807) is 13.0 Å². The van der Waals surface area contributed by atoms with Crippen LogP contribution in [-0.4, -0.2) is 51.3 Å². The highest BCUT2D eigenvalue weighted by Gasteiger charge is 2.26. The molecule has 1 atom stereocenters. The first-order valence-electron chi connectivity index (χ1n) is 9.97. The first kappa shape index (κ1) is 19.1. The molecule has 3 aromatic rings. The summed E-state index contributed by atoms with van der Waals surface area (Å²) in [6, 6.07) is 11.4. The molecule has 29 heavy (non-hydrogen) atoms. The fraction of sp³-hybridized carbons (Fsp3) is 0.364. The van der Waals surface area contributed by atoms with E-state index in [-0.39, 0.29) is 17.7 Å². The number of aryl methyl sites for hydroxylation is 2. The number of hydrogen-bond acceptors (Lipinski definition) is 4. The van der Waals surface area contributed by atoms with E-state index in [1.807, 2.05) is 42.2 Å². The number of rotatable bonds is 4. The van der Waals surface area contributed by atoms with Crippen LogP contribution in [-0.2, 0) is 0 Å². The van der Waals surface area contributed by atoms with Crippen LogP contribution in [0.15, 0.2) is 36.4 Å². The van der Waals surface area contributed by atoms with Gasteiger partial charge in [0.1, 0.15) is 17.2 Å². The van der Waals surface area contributed by atoms with Gasteiger partial charge < -0.3 is 15.2 Å². The molecule has 150 valence electrons. The van der Waals surface area contributed by atoms with Crippen molar-refractivity contribution in [2.75, 3.05) is 19.6 Å². The largest absolute Gasteiger partial charge is 0.351 e. The van der Waals surface area contributed by atoms with E-state index < -0.39 is 0 Å². The molecule has 2 N–H and O–H groups in total. The van der Waals surface area contributed by atoms with Crippen LogP contribution >= 0.6 is 0 Å². The standard InChI is InChI=1S/C22H25N5O2/c1-14-10-20(25-15(2)24-14)22(29)27-9-5-6-16(13-27)12-23-21(28)19-11-17-7-3-4-8-18(17)26-19/h3-4,7-8,10-11,16,26H,5-6,9,12-13H2,1-2H3,(H,23,28)/t16-/m0/s1. The third kappa shape index (κ3) is 4.29. The second-order valence-corrected chi connectivity index (χ2v) is 7.68. The van der Waals surface area contributed by atoms with Gasteiger partial charge in [0.25, 0.3) is 11.8 Å². The Morgan fingerprint density at radius 3 is 2.83 bits per heavy atom. The smallest absolute Gasteiger partial charge is 0.272 e. The molecule has 0 saturated carbocycles. The van der Waals surface area contributed by atoms with E-state index in [9.17, 15) is 9.59 Å². The summed E-state index contributed by atoms with van der Waals surface area (Å²) in [5, 5.41) is 4.03. The number of aromatic nitrogens is 3. The Bertz CT molecular complexity index is 1010. The minimum absolute atomic E-state index is 0.0646. The fourth-order valence-corrected chi connectivity index (χ4v) is 3.93. The maximum absolute atomic E-state index is 12.9. The second kappa shape index (κ2) is 8.03. The van der Waals surface area contributed by atoms with Crippen LogP contribution < -0.4 is 5.32 Å². The molecular weight excluding hydrogens is 366 g/mol. The summed E-state index contributed by atoms with van der Waals surface area (Å²) in [6.07, 6.45) is 1.90. The molecule has 7 nitrogen and oxygen atoms in total. The van der Waals surface area contributed by atoms with Gasteiger partial charge in [-0.25, -0.2) is 9.97 Å². The number of carbonyl (C=O) groups excluding carboxylic acids is 2. The van der Waals surface area contributed by atoms with Gasteiger partial charge in [-0.3, -0.25) is 9.59 Å². The number of likely N-dealkylation sites (tertiary alicyclic amines) is 1. The molecule has 1 aliphatic rings. The quantitative estimate of drug-likeness (QED) is 0.715. The van der Waals surface area contributed by atoms with E-state index in [0.717, 1.165) is 29.4 Å². The summed E-state index contributed by atoms with van der Waals surface area (Å²) in [5.74, 6) is 0.648. The van der Waals surface area contributed by atoms with Gasteiger partial charge in [0.05, 0.1) is 0 Å². The minimum atomic E-state index is -0.119. The molecular formula is C22H25N5O2. The molecule has 2 amide bonds. The zero-order chi connectivity index (χ0) is 20.4. The first-order chi connectivity index (χ1) is 14.0. The Morgan fingerprint density at radius 2 is 2.03 bits per heavy atom. The second-order valence-electron chi connectivity index (χ2n) is 7.68. The van der Waals surface area contributed by atoms with Crippen molar-refractivity contribution in [1.82, 2.24) is 25.2 Å². The van der Waals surface area contributed by atoms with Crippen molar-refractivity contribution >= 4 is 22.7 Å². The van der Waals surface area contributed by atoms with Crippen molar-refractivity contribution in [2.45, 2.75) is 26.7 Å². The normalized spacial score (nSPS) is 16.8. The van der Waals surface area contributed by atoms with Crippen molar-refractivity contribution in [1.29, 1.82) is 0 Å². The number of nitrogens with one attached hydrogen (secondary N) is 2. The number of H-pyrrole nitrogens is 1. The van der Waals surface area contributed by atoms with Crippen molar-refractivity contribution in [3.8, 4) is 0 Å². The summed E-state index contributed by atoms with van der Waals surface area (Å²) in [7, 11) is 0. The van der Waals surface area contributed by atoms with Gasteiger partial charge in [0.15, 0.2) is 0 Å². The zero-order valence-corrected chi connectivity index (χ0v) is 16.7. The number of hydrogen-bond donors (Lipinski definition) is 2. The molecule has 0 radical (unpaired) electrons. The molecule has 2 aromatic heterocycles.